The van der Waals surface area contributed by atoms with E-state index in [4.69, 9.17) is 9.47 Å². The number of carbonyl (C=O) groups excluding carboxylic acids is 2. The van der Waals surface area contributed by atoms with Crippen molar-refractivity contribution in [2.45, 2.75) is 40.2 Å². The zero-order valence-corrected chi connectivity index (χ0v) is 10.6. The molecule has 0 aromatic heterocycles. The first-order valence-corrected chi connectivity index (χ1v) is 5.95. The van der Waals surface area contributed by atoms with Gasteiger partial charge in [-0.05, 0) is 19.4 Å². The Morgan fingerprint density at radius 1 is 1.53 bits per heavy atom. The molecule has 1 heterocycles. The molecule has 0 unspecified atom stereocenters. The number of hydrogen-bond acceptors (Lipinski definition) is 4. The van der Waals surface area contributed by atoms with Gasteiger partial charge in [-0.3, -0.25) is 9.59 Å². The fourth-order valence-corrected chi connectivity index (χ4v) is 2.85. The average Bonchev–Trinajstić information content (AvgIpc) is 2.40. The van der Waals surface area contributed by atoms with Crippen LogP contribution >= 0.6 is 0 Å². The van der Waals surface area contributed by atoms with Crippen molar-refractivity contribution < 1.29 is 19.1 Å². The van der Waals surface area contributed by atoms with Crippen molar-refractivity contribution in [3.8, 4) is 0 Å². The summed E-state index contributed by atoms with van der Waals surface area (Å²) >= 11 is 0. The maximum Gasteiger partial charge on any atom is 0.313 e. The summed E-state index contributed by atoms with van der Waals surface area (Å²) in [6.45, 7) is 7.36. The van der Waals surface area contributed by atoms with E-state index >= 15 is 0 Å². The Morgan fingerprint density at radius 3 is 2.76 bits per heavy atom. The predicted molar refractivity (Wildman–Crippen MR) is 60.8 cm³/mol. The van der Waals surface area contributed by atoms with Crippen molar-refractivity contribution in [1.82, 2.24) is 0 Å². The number of carbonyl (C=O) groups is 2. The molecule has 0 bridgehead atoms. The van der Waals surface area contributed by atoms with Crippen LogP contribution in [0, 0.1) is 17.3 Å². The molecule has 0 aromatic carbocycles. The SMILES string of the molecule is CC(=O)OC1=C[C@H]2C(=O)O[C@H](C)[C@@]2(C)C[C@@H]1C. The second kappa shape index (κ2) is 3.86. The molecule has 1 fully saturated rings. The molecule has 4 heteroatoms. The molecule has 1 aliphatic carbocycles. The Balaban J connectivity index is 2.33. The summed E-state index contributed by atoms with van der Waals surface area (Å²) in [4.78, 5) is 22.8. The molecule has 2 aliphatic rings. The zero-order chi connectivity index (χ0) is 12.8. The van der Waals surface area contributed by atoms with E-state index in [0.29, 0.717) is 5.76 Å². The molecular weight excluding hydrogens is 220 g/mol. The molecule has 4 atom stereocenters. The van der Waals surface area contributed by atoms with Gasteiger partial charge in [-0.25, -0.2) is 0 Å². The molecule has 1 aliphatic heterocycles. The van der Waals surface area contributed by atoms with Gasteiger partial charge in [0.05, 0.1) is 5.92 Å². The number of fused-ring (bicyclic) bond motifs is 1. The monoisotopic (exact) mass is 238 g/mol. The Hall–Kier alpha value is -1.32. The first kappa shape index (κ1) is 12.1. The summed E-state index contributed by atoms with van der Waals surface area (Å²) in [6, 6.07) is 0. The van der Waals surface area contributed by atoms with Crippen LogP contribution in [0.3, 0.4) is 0 Å². The molecule has 94 valence electrons. The third-order valence-corrected chi connectivity index (χ3v) is 4.01. The molecule has 4 nitrogen and oxygen atoms in total. The number of cyclic esters (lactones) is 1. The van der Waals surface area contributed by atoms with Crippen molar-refractivity contribution in [2.24, 2.45) is 17.3 Å². The number of esters is 2. The van der Waals surface area contributed by atoms with Gasteiger partial charge in [0.2, 0.25) is 0 Å². The lowest BCUT2D eigenvalue weighted by atomic mass is 9.66. The first-order chi connectivity index (χ1) is 7.84. The van der Waals surface area contributed by atoms with Crippen LogP contribution in [0.2, 0.25) is 0 Å². The molecular formula is C13H18O4. The highest BCUT2D eigenvalue weighted by molar-refractivity contribution is 5.79. The summed E-state index contributed by atoms with van der Waals surface area (Å²) in [7, 11) is 0. The van der Waals surface area contributed by atoms with Crippen LogP contribution < -0.4 is 0 Å². The highest BCUT2D eigenvalue weighted by Crippen LogP contribution is 2.50. The van der Waals surface area contributed by atoms with E-state index in [0.717, 1.165) is 6.42 Å². The van der Waals surface area contributed by atoms with Gasteiger partial charge in [-0.15, -0.1) is 0 Å². The van der Waals surface area contributed by atoms with Crippen molar-refractivity contribution in [1.29, 1.82) is 0 Å². The van der Waals surface area contributed by atoms with Crippen LogP contribution in [-0.2, 0) is 19.1 Å². The molecule has 0 radical (unpaired) electrons. The van der Waals surface area contributed by atoms with E-state index in [2.05, 4.69) is 6.92 Å². The maximum absolute atomic E-state index is 11.8. The molecule has 0 N–H and O–H groups in total. The topological polar surface area (TPSA) is 52.6 Å². The number of hydrogen-bond donors (Lipinski definition) is 0. The normalized spacial score (nSPS) is 40.4. The van der Waals surface area contributed by atoms with Gasteiger partial charge >= 0.3 is 11.9 Å². The lowest BCUT2D eigenvalue weighted by Gasteiger charge is -2.37. The number of rotatable bonds is 1. The lowest BCUT2D eigenvalue weighted by molar-refractivity contribution is -0.143. The standard InChI is InChI=1S/C13H18O4/c1-7-6-13(4)8(2)16-12(15)10(13)5-11(7)17-9(3)14/h5,7-8,10H,6H2,1-4H3/t7-,8+,10-,13+/m0/s1. The fourth-order valence-electron chi connectivity index (χ4n) is 2.85. The third-order valence-electron chi connectivity index (χ3n) is 4.01. The molecule has 0 saturated carbocycles. The van der Waals surface area contributed by atoms with Crippen molar-refractivity contribution >= 4 is 11.9 Å². The van der Waals surface area contributed by atoms with E-state index in [1.807, 2.05) is 13.8 Å². The Morgan fingerprint density at radius 2 is 2.18 bits per heavy atom. The molecule has 1 saturated heterocycles. The van der Waals surface area contributed by atoms with Crippen LogP contribution in [0.25, 0.3) is 0 Å². The van der Waals surface area contributed by atoms with E-state index in [1.54, 1.807) is 6.08 Å². The molecule has 0 spiro atoms. The predicted octanol–water partition coefficient (Wildman–Crippen LogP) is 2.04. The van der Waals surface area contributed by atoms with E-state index < -0.39 is 0 Å². The average molecular weight is 238 g/mol. The fraction of sp³-hybridized carbons (Fsp3) is 0.692. The number of allylic oxidation sites excluding steroid dienone is 1. The van der Waals surface area contributed by atoms with Gasteiger partial charge in [-0.2, -0.15) is 0 Å². The zero-order valence-electron chi connectivity index (χ0n) is 10.6. The van der Waals surface area contributed by atoms with Crippen LogP contribution in [0.15, 0.2) is 11.8 Å². The Labute approximate surface area is 101 Å². The number of ether oxygens (including phenoxy) is 2. The minimum Gasteiger partial charge on any atom is -0.462 e. The van der Waals surface area contributed by atoms with Crippen molar-refractivity contribution in [3.63, 3.8) is 0 Å². The smallest absolute Gasteiger partial charge is 0.313 e. The van der Waals surface area contributed by atoms with Crippen LogP contribution in [-0.4, -0.2) is 18.0 Å². The summed E-state index contributed by atoms with van der Waals surface area (Å²) in [5.74, 6) is -0.103. The first-order valence-electron chi connectivity index (χ1n) is 5.95. The van der Waals surface area contributed by atoms with Crippen molar-refractivity contribution in [3.05, 3.63) is 11.8 Å². The molecule has 2 rings (SSSR count). The summed E-state index contributed by atoms with van der Waals surface area (Å²) < 4.78 is 10.4. The summed E-state index contributed by atoms with van der Waals surface area (Å²) in [5.41, 5.74) is -0.180. The van der Waals surface area contributed by atoms with Crippen LogP contribution in [0.4, 0.5) is 0 Å². The minimum atomic E-state index is -0.342. The van der Waals surface area contributed by atoms with Crippen molar-refractivity contribution in [2.75, 3.05) is 0 Å². The maximum atomic E-state index is 11.8. The highest BCUT2D eigenvalue weighted by Gasteiger charge is 2.54. The summed E-state index contributed by atoms with van der Waals surface area (Å²) in [6.07, 6.45) is 2.48. The molecule has 0 amide bonds. The van der Waals surface area contributed by atoms with Gasteiger partial charge in [0.25, 0.3) is 0 Å². The highest BCUT2D eigenvalue weighted by atomic mass is 16.6. The Bertz CT molecular complexity index is 398. The molecule has 0 aromatic rings. The van der Waals surface area contributed by atoms with Gasteiger partial charge in [0, 0.05) is 18.3 Å². The van der Waals surface area contributed by atoms with Gasteiger partial charge in [0.1, 0.15) is 11.9 Å². The second-order valence-electron chi connectivity index (χ2n) is 5.33. The Kier molecular flexibility index (Phi) is 2.76. The van der Waals surface area contributed by atoms with E-state index in [9.17, 15) is 9.59 Å². The molecule has 17 heavy (non-hydrogen) atoms. The van der Waals surface area contributed by atoms with E-state index in [-0.39, 0.29) is 35.3 Å². The van der Waals surface area contributed by atoms with E-state index in [1.165, 1.54) is 6.92 Å². The van der Waals surface area contributed by atoms with Crippen LogP contribution in [0.1, 0.15) is 34.1 Å². The second-order valence-corrected chi connectivity index (χ2v) is 5.33. The lowest BCUT2D eigenvalue weighted by Crippen LogP contribution is -2.37. The summed E-state index contributed by atoms with van der Waals surface area (Å²) in [5, 5.41) is 0. The van der Waals surface area contributed by atoms with Crippen LogP contribution in [0.5, 0.6) is 0 Å². The van der Waals surface area contributed by atoms with Gasteiger partial charge < -0.3 is 9.47 Å². The van der Waals surface area contributed by atoms with Gasteiger partial charge in [0.15, 0.2) is 0 Å². The largest absolute Gasteiger partial charge is 0.462 e. The minimum absolute atomic E-state index is 0.0856. The third kappa shape index (κ3) is 1.85. The quantitative estimate of drug-likeness (QED) is 0.656. The van der Waals surface area contributed by atoms with Gasteiger partial charge in [-0.1, -0.05) is 13.8 Å².